The smallest absolute Gasteiger partial charge is 0.343 e. The molecule has 1 unspecified atom stereocenters. The second-order valence-electron chi connectivity index (χ2n) is 6.05. The molecule has 7 heteroatoms. The van der Waals surface area contributed by atoms with Gasteiger partial charge in [0.25, 0.3) is 5.91 Å². The van der Waals surface area contributed by atoms with Crippen LogP contribution in [0.1, 0.15) is 24.1 Å². The Hall–Kier alpha value is -3.79. The van der Waals surface area contributed by atoms with Gasteiger partial charge >= 0.3 is 5.97 Å². The summed E-state index contributed by atoms with van der Waals surface area (Å²) in [4.78, 5) is 23.7. The lowest BCUT2D eigenvalue weighted by molar-refractivity contribution is -0.142. The van der Waals surface area contributed by atoms with Gasteiger partial charge in [-0.25, -0.2) is 4.79 Å². The van der Waals surface area contributed by atoms with Crippen LogP contribution in [0.4, 0.5) is 0 Å². The van der Waals surface area contributed by atoms with E-state index in [1.54, 1.807) is 18.2 Å². The van der Waals surface area contributed by atoms with Crippen molar-refractivity contribution in [3.8, 4) is 17.6 Å². The van der Waals surface area contributed by atoms with E-state index in [1.165, 1.54) is 20.3 Å². The Morgan fingerprint density at radius 3 is 2.48 bits per heavy atom. The van der Waals surface area contributed by atoms with Crippen molar-refractivity contribution in [3.05, 3.63) is 65.2 Å². The molecule has 2 aromatic rings. The molecule has 0 heterocycles. The summed E-state index contributed by atoms with van der Waals surface area (Å²) in [5, 5.41) is 12.2. The summed E-state index contributed by atoms with van der Waals surface area (Å²) >= 11 is 0. The predicted octanol–water partition coefficient (Wildman–Crippen LogP) is 3.03. The maximum absolute atomic E-state index is 12.5. The Bertz CT molecular complexity index is 932. The van der Waals surface area contributed by atoms with Crippen LogP contribution in [0.25, 0.3) is 6.08 Å². The van der Waals surface area contributed by atoms with Crippen LogP contribution in [-0.4, -0.2) is 32.7 Å². The number of esters is 1. The summed E-state index contributed by atoms with van der Waals surface area (Å²) in [6.07, 6.45) is 1.46. The van der Waals surface area contributed by atoms with Gasteiger partial charge in [-0.05, 0) is 36.3 Å². The molecule has 1 N–H and O–H groups in total. The molecule has 0 aliphatic heterocycles. The Balaban J connectivity index is 2.16. The van der Waals surface area contributed by atoms with E-state index < -0.39 is 11.9 Å². The maximum Gasteiger partial charge on any atom is 0.343 e. The fraction of sp³-hybridized carbons (Fsp3) is 0.227. The van der Waals surface area contributed by atoms with Crippen LogP contribution in [0.2, 0.25) is 0 Å². The quantitative estimate of drug-likeness (QED) is 0.420. The predicted molar refractivity (Wildman–Crippen MR) is 107 cm³/mol. The number of carbonyl (C=O) groups is 2. The Labute approximate surface area is 169 Å². The summed E-state index contributed by atoms with van der Waals surface area (Å²) in [6.45, 7) is 1.59. The summed E-state index contributed by atoms with van der Waals surface area (Å²) in [5.74, 6) is -0.297. The van der Waals surface area contributed by atoms with E-state index in [0.29, 0.717) is 17.1 Å². The number of nitrogens with one attached hydrogen (secondary N) is 1. The van der Waals surface area contributed by atoms with Crippen molar-refractivity contribution in [3.63, 3.8) is 0 Å². The first-order valence-electron chi connectivity index (χ1n) is 8.83. The highest BCUT2D eigenvalue weighted by Gasteiger charge is 2.14. The lowest BCUT2D eigenvalue weighted by atomic mass is 10.1. The molecule has 0 aliphatic rings. The van der Waals surface area contributed by atoms with E-state index in [-0.39, 0.29) is 18.2 Å². The molecule has 0 spiro atoms. The van der Waals surface area contributed by atoms with Crippen LogP contribution < -0.4 is 14.8 Å². The number of rotatable bonds is 8. The maximum atomic E-state index is 12.5. The van der Waals surface area contributed by atoms with E-state index in [0.717, 1.165) is 5.56 Å². The fourth-order valence-electron chi connectivity index (χ4n) is 2.50. The zero-order chi connectivity index (χ0) is 21.2. The van der Waals surface area contributed by atoms with Gasteiger partial charge < -0.3 is 19.5 Å². The topological polar surface area (TPSA) is 97.7 Å². The average molecular weight is 394 g/mol. The van der Waals surface area contributed by atoms with Crippen LogP contribution in [0.15, 0.2) is 54.1 Å². The molecule has 0 saturated carbocycles. The van der Waals surface area contributed by atoms with Crippen LogP contribution in [0.5, 0.6) is 11.5 Å². The molecule has 2 aromatic carbocycles. The lowest BCUT2D eigenvalue weighted by Gasteiger charge is -2.14. The van der Waals surface area contributed by atoms with Gasteiger partial charge in [-0.3, -0.25) is 4.79 Å². The van der Waals surface area contributed by atoms with Crippen molar-refractivity contribution in [1.29, 1.82) is 5.26 Å². The minimum atomic E-state index is -0.521. The normalized spacial score (nSPS) is 11.7. The first kappa shape index (κ1) is 21.5. The molecule has 2 rings (SSSR count). The second-order valence-corrected chi connectivity index (χ2v) is 6.05. The summed E-state index contributed by atoms with van der Waals surface area (Å²) in [6, 6.07) is 16.0. The number of carbonyl (C=O) groups excluding carboxylic acids is 2. The summed E-state index contributed by atoms with van der Waals surface area (Å²) < 4.78 is 15.1. The number of benzene rings is 2. The van der Waals surface area contributed by atoms with Gasteiger partial charge in [0.15, 0.2) is 18.1 Å². The first-order chi connectivity index (χ1) is 14.0. The third-order valence-electron chi connectivity index (χ3n) is 4.08. The number of hydrogen-bond donors (Lipinski definition) is 1. The highest BCUT2D eigenvalue weighted by molar-refractivity contribution is 6.01. The molecule has 0 aliphatic carbocycles. The number of nitriles is 1. The highest BCUT2D eigenvalue weighted by Crippen LogP contribution is 2.29. The Kier molecular flexibility index (Phi) is 7.80. The number of methoxy groups -OCH3 is 2. The zero-order valence-corrected chi connectivity index (χ0v) is 16.5. The molecule has 150 valence electrons. The molecule has 0 fully saturated rings. The van der Waals surface area contributed by atoms with Crippen molar-refractivity contribution >= 4 is 18.0 Å². The molecule has 0 radical (unpaired) electrons. The monoisotopic (exact) mass is 394 g/mol. The second kappa shape index (κ2) is 10.5. The van der Waals surface area contributed by atoms with Gasteiger partial charge in [0.1, 0.15) is 11.6 Å². The molecule has 7 nitrogen and oxygen atoms in total. The van der Waals surface area contributed by atoms with Crippen molar-refractivity contribution < 1.29 is 23.8 Å². The molecule has 1 atom stereocenters. The van der Waals surface area contributed by atoms with Crippen LogP contribution >= 0.6 is 0 Å². The van der Waals surface area contributed by atoms with E-state index in [2.05, 4.69) is 10.1 Å². The third kappa shape index (κ3) is 6.11. The van der Waals surface area contributed by atoms with Crippen molar-refractivity contribution in [2.45, 2.75) is 13.0 Å². The van der Waals surface area contributed by atoms with Gasteiger partial charge in [-0.2, -0.15) is 5.26 Å². The number of nitrogens with zero attached hydrogens (tertiary/aromatic N) is 1. The standard InChI is InChI=1S/C22H22N2O5/c1-15(17-7-5-4-6-8-17)24-22(26)18(13-23)11-16-9-10-19(20(12-16)27-2)29-14-21(25)28-3/h4-12,15H,14H2,1-3H3,(H,24,26)/b18-11+. The molecular weight excluding hydrogens is 372 g/mol. The van der Waals surface area contributed by atoms with Crippen LogP contribution in [0, 0.1) is 11.3 Å². The minimum Gasteiger partial charge on any atom is -0.493 e. The van der Waals surface area contributed by atoms with E-state index in [4.69, 9.17) is 9.47 Å². The lowest BCUT2D eigenvalue weighted by Crippen LogP contribution is -2.27. The molecule has 29 heavy (non-hydrogen) atoms. The van der Waals surface area contributed by atoms with Gasteiger partial charge in [0.05, 0.1) is 20.3 Å². The van der Waals surface area contributed by atoms with Crippen LogP contribution in [-0.2, 0) is 14.3 Å². The van der Waals surface area contributed by atoms with E-state index in [1.807, 2.05) is 43.3 Å². The fourth-order valence-corrected chi connectivity index (χ4v) is 2.50. The summed E-state index contributed by atoms with van der Waals surface area (Å²) in [5.41, 5.74) is 1.47. The average Bonchev–Trinajstić information content (AvgIpc) is 2.76. The van der Waals surface area contributed by atoms with Crippen molar-refractivity contribution in [2.24, 2.45) is 0 Å². The van der Waals surface area contributed by atoms with Crippen molar-refractivity contribution in [2.75, 3.05) is 20.8 Å². The van der Waals surface area contributed by atoms with Gasteiger partial charge in [-0.15, -0.1) is 0 Å². The van der Waals surface area contributed by atoms with Gasteiger partial charge in [0.2, 0.25) is 0 Å². The van der Waals surface area contributed by atoms with Gasteiger partial charge in [-0.1, -0.05) is 36.4 Å². The van der Waals surface area contributed by atoms with Gasteiger partial charge in [0, 0.05) is 0 Å². The molecule has 0 aromatic heterocycles. The van der Waals surface area contributed by atoms with Crippen LogP contribution in [0.3, 0.4) is 0 Å². The van der Waals surface area contributed by atoms with E-state index in [9.17, 15) is 14.9 Å². The minimum absolute atomic E-state index is 0.0435. The zero-order valence-electron chi connectivity index (χ0n) is 16.5. The van der Waals surface area contributed by atoms with Crippen molar-refractivity contribution in [1.82, 2.24) is 5.32 Å². The SMILES string of the molecule is COC(=O)COc1ccc(/C=C(\C#N)C(=O)NC(C)c2ccccc2)cc1OC. The number of hydrogen-bond acceptors (Lipinski definition) is 6. The molecular formula is C22H22N2O5. The molecule has 1 amide bonds. The Morgan fingerprint density at radius 1 is 1.14 bits per heavy atom. The first-order valence-corrected chi connectivity index (χ1v) is 8.83. The largest absolute Gasteiger partial charge is 0.493 e. The molecule has 0 bridgehead atoms. The molecule has 0 saturated heterocycles. The number of amides is 1. The van der Waals surface area contributed by atoms with E-state index >= 15 is 0 Å². The third-order valence-corrected chi connectivity index (χ3v) is 4.08. The Morgan fingerprint density at radius 2 is 1.86 bits per heavy atom. The number of ether oxygens (including phenoxy) is 3. The summed E-state index contributed by atoms with van der Waals surface area (Å²) in [7, 11) is 2.72. The highest BCUT2D eigenvalue weighted by atomic mass is 16.6.